The van der Waals surface area contributed by atoms with Crippen molar-refractivity contribution in [2.45, 2.75) is 11.8 Å². The fraction of sp³-hybridized carbons (Fsp3) is 0.222. The summed E-state index contributed by atoms with van der Waals surface area (Å²) < 4.78 is 35.1. The summed E-state index contributed by atoms with van der Waals surface area (Å²) in [6, 6.07) is 1.99. The normalized spacial score (nSPS) is 9.87. The van der Waals surface area contributed by atoms with E-state index in [-0.39, 0.29) is 4.90 Å². The number of carbonyl (C=O) groups excluding carboxylic acids is 1. The van der Waals surface area contributed by atoms with Gasteiger partial charge in [-0.25, -0.2) is 8.78 Å². The van der Waals surface area contributed by atoms with E-state index < -0.39 is 30.1 Å². The molecule has 3 nitrogen and oxygen atoms in total. The summed E-state index contributed by atoms with van der Waals surface area (Å²) >= 11 is 3.77. The highest BCUT2D eigenvalue weighted by Crippen LogP contribution is 2.24. The van der Waals surface area contributed by atoms with Gasteiger partial charge >= 0.3 is 5.97 Å². The molecule has 82 valence electrons. The Morgan fingerprint density at radius 3 is 2.40 bits per heavy atom. The Bertz CT molecular complexity index is 359. The van der Waals surface area contributed by atoms with Crippen LogP contribution < -0.4 is 4.74 Å². The first kappa shape index (κ1) is 11.8. The van der Waals surface area contributed by atoms with Crippen molar-refractivity contribution >= 4 is 18.6 Å². The van der Waals surface area contributed by atoms with E-state index in [1.165, 1.54) is 0 Å². The van der Waals surface area contributed by atoms with Crippen LogP contribution in [-0.4, -0.2) is 12.8 Å². The van der Waals surface area contributed by atoms with E-state index in [1.807, 2.05) is 0 Å². The average Bonchev–Trinajstić information content (AvgIpc) is 2.08. The second-order valence-electron chi connectivity index (χ2n) is 2.64. The summed E-state index contributed by atoms with van der Waals surface area (Å²) in [4.78, 5) is 10.5. The number of hydrogen-bond donors (Lipinski definition) is 1. The molecule has 1 rings (SSSR count). The molecular formula is C9H8F2O3S. The van der Waals surface area contributed by atoms with E-state index in [2.05, 4.69) is 22.1 Å². The highest BCUT2D eigenvalue weighted by atomic mass is 32.1. The van der Waals surface area contributed by atoms with Crippen molar-refractivity contribution in [1.29, 1.82) is 0 Å². The molecule has 0 aliphatic rings. The lowest BCUT2D eigenvalue weighted by molar-refractivity contribution is -0.147. The van der Waals surface area contributed by atoms with E-state index >= 15 is 0 Å². The van der Waals surface area contributed by atoms with E-state index in [0.717, 1.165) is 19.1 Å². The minimum absolute atomic E-state index is 0.143. The van der Waals surface area contributed by atoms with Crippen LogP contribution in [0.4, 0.5) is 8.78 Å². The molecule has 0 aromatic heterocycles. The van der Waals surface area contributed by atoms with Crippen LogP contribution in [0, 0.1) is 11.6 Å². The number of hydrogen-bond acceptors (Lipinski definition) is 4. The largest absolute Gasteiger partial charge is 0.451 e. The van der Waals surface area contributed by atoms with E-state index in [1.54, 1.807) is 0 Å². The van der Waals surface area contributed by atoms with E-state index in [4.69, 9.17) is 0 Å². The zero-order chi connectivity index (χ0) is 11.4. The fourth-order valence-electron chi connectivity index (χ4n) is 0.856. The third-order valence-electron chi connectivity index (χ3n) is 1.45. The number of halogens is 2. The Balaban J connectivity index is 2.72. The number of rotatable bonds is 3. The summed E-state index contributed by atoms with van der Waals surface area (Å²) in [6.07, 6.45) is 0. The van der Waals surface area contributed by atoms with Crippen LogP contribution in [0.25, 0.3) is 0 Å². The van der Waals surface area contributed by atoms with Crippen molar-refractivity contribution in [2.75, 3.05) is 6.79 Å². The summed E-state index contributed by atoms with van der Waals surface area (Å²) in [5, 5.41) is 0. The topological polar surface area (TPSA) is 35.5 Å². The van der Waals surface area contributed by atoms with Crippen LogP contribution >= 0.6 is 12.6 Å². The van der Waals surface area contributed by atoms with Crippen LogP contribution in [0.2, 0.25) is 0 Å². The summed E-state index contributed by atoms with van der Waals surface area (Å²) in [6.45, 7) is 0.627. The molecule has 0 bridgehead atoms. The third kappa shape index (κ3) is 3.39. The molecule has 0 unspecified atom stereocenters. The predicted octanol–water partition coefficient (Wildman–Crippen LogP) is 2.15. The maximum atomic E-state index is 13.1. The van der Waals surface area contributed by atoms with Gasteiger partial charge < -0.3 is 9.47 Å². The third-order valence-corrected chi connectivity index (χ3v) is 1.71. The maximum Gasteiger partial charge on any atom is 0.305 e. The minimum atomic E-state index is -0.896. The second-order valence-corrected chi connectivity index (χ2v) is 3.15. The minimum Gasteiger partial charge on any atom is -0.451 e. The van der Waals surface area contributed by atoms with Crippen molar-refractivity contribution < 1.29 is 23.0 Å². The van der Waals surface area contributed by atoms with Gasteiger partial charge in [-0.1, -0.05) is 0 Å². The standard InChI is InChI=1S/C9H8F2O3S/c1-5(12)13-4-14-9-7(10)2-6(15)3-8(9)11/h2-3,15H,4H2,1H3. The molecule has 0 spiro atoms. The molecule has 1 aromatic rings. The zero-order valence-corrected chi connectivity index (χ0v) is 8.68. The van der Waals surface area contributed by atoms with Gasteiger partial charge in [0, 0.05) is 11.8 Å². The average molecular weight is 234 g/mol. The predicted molar refractivity (Wildman–Crippen MR) is 50.9 cm³/mol. The van der Waals surface area contributed by atoms with Gasteiger partial charge in [0.2, 0.25) is 6.79 Å². The number of thiol groups is 1. The second kappa shape index (κ2) is 4.97. The van der Waals surface area contributed by atoms with Crippen molar-refractivity contribution in [3.05, 3.63) is 23.8 Å². The molecular weight excluding hydrogens is 226 g/mol. The maximum absolute atomic E-state index is 13.1. The van der Waals surface area contributed by atoms with Crippen molar-refractivity contribution in [3.63, 3.8) is 0 Å². The van der Waals surface area contributed by atoms with Gasteiger partial charge in [-0.05, 0) is 12.1 Å². The quantitative estimate of drug-likeness (QED) is 0.494. The molecule has 0 aliphatic carbocycles. The first-order valence-electron chi connectivity index (χ1n) is 3.95. The summed E-state index contributed by atoms with van der Waals surface area (Å²) in [5.74, 6) is -2.98. The molecule has 0 aliphatic heterocycles. The SMILES string of the molecule is CC(=O)OCOc1c(F)cc(S)cc1F. The number of esters is 1. The lowest BCUT2D eigenvalue weighted by Crippen LogP contribution is -2.08. The molecule has 0 atom stereocenters. The summed E-state index contributed by atoms with van der Waals surface area (Å²) in [7, 11) is 0. The molecule has 0 saturated carbocycles. The van der Waals surface area contributed by atoms with Crippen molar-refractivity contribution in [3.8, 4) is 5.75 Å². The molecule has 0 N–H and O–H groups in total. The Morgan fingerprint density at radius 2 is 1.93 bits per heavy atom. The fourth-order valence-corrected chi connectivity index (χ4v) is 1.08. The zero-order valence-electron chi connectivity index (χ0n) is 7.79. The lowest BCUT2D eigenvalue weighted by atomic mass is 10.3. The van der Waals surface area contributed by atoms with E-state index in [0.29, 0.717) is 0 Å². The number of benzene rings is 1. The van der Waals surface area contributed by atoms with Crippen LogP contribution in [0.5, 0.6) is 5.75 Å². The van der Waals surface area contributed by atoms with Crippen LogP contribution in [0.1, 0.15) is 6.92 Å². The molecule has 0 fully saturated rings. The Morgan fingerprint density at radius 1 is 1.40 bits per heavy atom. The Kier molecular flexibility index (Phi) is 3.90. The molecule has 6 heteroatoms. The van der Waals surface area contributed by atoms with Gasteiger partial charge in [0.1, 0.15) is 0 Å². The van der Waals surface area contributed by atoms with Gasteiger partial charge in [0.25, 0.3) is 0 Å². The summed E-state index contributed by atoms with van der Waals surface area (Å²) in [5.41, 5.74) is 0. The van der Waals surface area contributed by atoms with Crippen LogP contribution in [0.15, 0.2) is 17.0 Å². The lowest BCUT2D eigenvalue weighted by Gasteiger charge is -2.08. The highest BCUT2D eigenvalue weighted by molar-refractivity contribution is 7.80. The van der Waals surface area contributed by atoms with E-state index in [9.17, 15) is 13.6 Å². The van der Waals surface area contributed by atoms with Crippen molar-refractivity contribution in [2.24, 2.45) is 0 Å². The molecule has 0 amide bonds. The number of carbonyl (C=O) groups is 1. The van der Waals surface area contributed by atoms with Gasteiger partial charge in [-0.2, -0.15) is 0 Å². The molecule has 0 saturated heterocycles. The first-order valence-corrected chi connectivity index (χ1v) is 4.39. The van der Waals surface area contributed by atoms with Gasteiger partial charge in [0.15, 0.2) is 17.4 Å². The monoisotopic (exact) mass is 234 g/mol. The first-order chi connectivity index (χ1) is 7.00. The molecule has 0 radical (unpaired) electrons. The van der Waals surface area contributed by atoms with Crippen molar-refractivity contribution in [1.82, 2.24) is 0 Å². The molecule has 1 aromatic carbocycles. The van der Waals surface area contributed by atoms with Crippen LogP contribution in [-0.2, 0) is 9.53 Å². The highest BCUT2D eigenvalue weighted by Gasteiger charge is 2.11. The smallest absolute Gasteiger partial charge is 0.305 e. The molecule has 15 heavy (non-hydrogen) atoms. The van der Waals surface area contributed by atoms with Gasteiger partial charge in [0.05, 0.1) is 0 Å². The van der Waals surface area contributed by atoms with Gasteiger partial charge in [-0.15, -0.1) is 12.6 Å². The van der Waals surface area contributed by atoms with Crippen LogP contribution in [0.3, 0.4) is 0 Å². The Labute approximate surface area is 90.4 Å². The molecule has 0 heterocycles. The number of ether oxygens (including phenoxy) is 2. The van der Waals surface area contributed by atoms with Gasteiger partial charge in [-0.3, -0.25) is 4.79 Å². The Hall–Kier alpha value is -1.30.